The van der Waals surface area contributed by atoms with Crippen LogP contribution in [-0.2, 0) is 22.8 Å². The van der Waals surface area contributed by atoms with Gasteiger partial charge in [0.15, 0.2) is 0 Å². The van der Waals surface area contributed by atoms with E-state index in [0.717, 1.165) is 26.8 Å². The molecule has 0 radical (unpaired) electrons. The number of aryl methyl sites for hydroxylation is 1. The standard InChI is InChI=1S/C36H27BrN2O5/c1-23-9-11-24(12-10-23)21-43-29-16-14-28(15-17-29)39-35(41)31(34(40)38-36(39)42)19-25-13-18-33(32(37)20-25)44-22-27-7-4-6-26-5-2-3-8-30(26)27/h2-20H,21-22H2,1H3,(H,38,40,42)/b31-19+. The monoisotopic (exact) mass is 646 g/mol. The van der Waals surface area contributed by atoms with E-state index < -0.39 is 17.8 Å². The van der Waals surface area contributed by atoms with Gasteiger partial charge in [-0.1, -0.05) is 78.4 Å². The van der Waals surface area contributed by atoms with Crippen LogP contribution in [0.4, 0.5) is 10.5 Å². The molecular weight excluding hydrogens is 620 g/mol. The average molecular weight is 648 g/mol. The lowest BCUT2D eigenvalue weighted by Gasteiger charge is -2.26. The molecule has 4 amide bonds. The van der Waals surface area contributed by atoms with E-state index in [9.17, 15) is 14.4 Å². The van der Waals surface area contributed by atoms with Crippen LogP contribution in [-0.4, -0.2) is 17.8 Å². The van der Waals surface area contributed by atoms with Gasteiger partial charge in [-0.25, -0.2) is 9.69 Å². The lowest BCUT2D eigenvalue weighted by atomic mass is 10.1. The van der Waals surface area contributed by atoms with Crippen molar-refractivity contribution in [2.75, 3.05) is 4.90 Å². The number of barbiturate groups is 1. The molecule has 218 valence electrons. The van der Waals surface area contributed by atoms with Crippen molar-refractivity contribution in [2.45, 2.75) is 20.1 Å². The number of hydrogen-bond donors (Lipinski definition) is 1. The first-order valence-corrected chi connectivity index (χ1v) is 14.7. The molecule has 1 fully saturated rings. The van der Waals surface area contributed by atoms with Crippen LogP contribution in [0.15, 0.2) is 119 Å². The van der Waals surface area contributed by atoms with Gasteiger partial charge in [-0.3, -0.25) is 14.9 Å². The fraction of sp³-hybridized carbons (Fsp3) is 0.0833. The van der Waals surface area contributed by atoms with Crippen LogP contribution in [0.25, 0.3) is 16.8 Å². The number of hydrogen-bond acceptors (Lipinski definition) is 5. The molecule has 0 saturated carbocycles. The first kappa shape index (κ1) is 28.9. The van der Waals surface area contributed by atoms with Gasteiger partial charge in [0.2, 0.25) is 0 Å². The molecule has 7 nitrogen and oxygen atoms in total. The van der Waals surface area contributed by atoms with Gasteiger partial charge >= 0.3 is 6.03 Å². The Labute approximate surface area is 262 Å². The molecule has 1 saturated heterocycles. The largest absolute Gasteiger partial charge is 0.489 e. The van der Waals surface area contributed by atoms with E-state index in [1.165, 1.54) is 11.6 Å². The van der Waals surface area contributed by atoms with Crippen LogP contribution >= 0.6 is 15.9 Å². The summed E-state index contributed by atoms with van der Waals surface area (Å²) >= 11 is 3.54. The number of carbonyl (C=O) groups is 3. The summed E-state index contributed by atoms with van der Waals surface area (Å²) in [7, 11) is 0. The second-order valence-electron chi connectivity index (χ2n) is 10.3. The molecule has 0 bridgehead atoms. The minimum Gasteiger partial charge on any atom is -0.489 e. The molecule has 1 aliphatic rings. The lowest BCUT2D eigenvalue weighted by molar-refractivity contribution is -0.122. The summed E-state index contributed by atoms with van der Waals surface area (Å²) in [5.41, 5.74) is 3.98. The number of nitrogens with one attached hydrogen (secondary N) is 1. The SMILES string of the molecule is Cc1ccc(COc2ccc(N3C(=O)NC(=O)/C(=C\c4ccc(OCc5cccc6ccccc56)c(Br)c4)C3=O)cc2)cc1. The highest BCUT2D eigenvalue weighted by Gasteiger charge is 2.36. The number of ether oxygens (including phenoxy) is 2. The molecule has 0 unspecified atom stereocenters. The van der Waals surface area contributed by atoms with Crippen LogP contribution in [0.3, 0.4) is 0 Å². The van der Waals surface area contributed by atoms with Crippen molar-refractivity contribution in [1.82, 2.24) is 5.32 Å². The molecule has 0 spiro atoms. The number of halogens is 1. The van der Waals surface area contributed by atoms with E-state index >= 15 is 0 Å². The van der Waals surface area contributed by atoms with E-state index in [-0.39, 0.29) is 5.57 Å². The molecule has 6 rings (SSSR count). The highest BCUT2D eigenvalue weighted by molar-refractivity contribution is 9.10. The number of nitrogens with zero attached hydrogens (tertiary/aromatic N) is 1. The molecule has 0 aromatic heterocycles. The maximum Gasteiger partial charge on any atom is 0.335 e. The van der Waals surface area contributed by atoms with Crippen molar-refractivity contribution in [3.63, 3.8) is 0 Å². The minimum absolute atomic E-state index is 0.166. The Balaban J connectivity index is 1.15. The minimum atomic E-state index is -0.816. The molecule has 0 atom stereocenters. The van der Waals surface area contributed by atoms with Gasteiger partial charge in [0, 0.05) is 0 Å². The molecule has 1 N–H and O–H groups in total. The number of anilines is 1. The van der Waals surface area contributed by atoms with Crippen molar-refractivity contribution in [3.8, 4) is 11.5 Å². The van der Waals surface area contributed by atoms with Gasteiger partial charge in [-0.05, 0) is 92.8 Å². The van der Waals surface area contributed by atoms with Gasteiger partial charge in [-0.15, -0.1) is 0 Å². The smallest absolute Gasteiger partial charge is 0.335 e. The van der Waals surface area contributed by atoms with Crippen LogP contribution in [0, 0.1) is 6.92 Å². The summed E-state index contributed by atoms with van der Waals surface area (Å²) in [6.45, 7) is 2.77. The Morgan fingerprint density at radius 2 is 1.55 bits per heavy atom. The molecule has 44 heavy (non-hydrogen) atoms. The fourth-order valence-electron chi connectivity index (χ4n) is 4.90. The van der Waals surface area contributed by atoms with Crippen LogP contribution in [0.1, 0.15) is 22.3 Å². The van der Waals surface area contributed by atoms with E-state index in [4.69, 9.17) is 9.47 Å². The molecule has 8 heteroatoms. The summed E-state index contributed by atoms with van der Waals surface area (Å²) < 4.78 is 12.6. The quantitative estimate of drug-likeness (QED) is 0.138. The second kappa shape index (κ2) is 12.6. The maximum absolute atomic E-state index is 13.4. The molecule has 1 heterocycles. The zero-order valence-electron chi connectivity index (χ0n) is 23.8. The van der Waals surface area contributed by atoms with Crippen molar-refractivity contribution in [2.24, 2.45) is 0 Å². The average Bonchev–Trinajstić information content (AvgIpc) is 3.03. The zero-order chi connectivity index (χ0) is 30.6. The molecular formula is C36H27BrN2O5. The topological polar surface area (TPSA) is 84.9 Å². The van der Waals surface area contributed by atoms with Crippen molar-refractivity contribution < 1.29 is 23.9 Å². The zero-order valence-corrected chi connectivity index (χ0v) is 25.3. The number of fused-ring (bicyclic) bond motifs is 1. The Bertz CT molecular complexity index is 1910. The van der Waals surface area contributed by atoms with E-state index in [1.54, 1.807) is 42.5 Å². The van der Waals surface area contributed by atoms with E-state index in [2.05, 4.69) is 39.4 Å². The van der Waals surface area contributed by atoms with Gasteiger partial charge < -0.3 is 9.47 Å². The maximum atomic E-state index is 13.4. The number of urea groups is 1. The highest BCUT2D eigenvalue weighted by Crippen LogP contribution is 2.30. The van der Waals surface area contributed by atoms with Crippen LogP contribution < -0.4 is 19.7 Å². The first-order chi connectivity index (χ1) is 21.4. The van der Waals surface area contributed by atoms with Gasteiger partial charge in [-0.2, -0.15) is 0 Å². The lowest BCUT2D eigenvalue weighted by Crippen LogP contribution is -2.54. The predicted octanol–water partition coefficient (Wildman–Crippen LogP) is 7.74. The third kappa shape index (κ3) is 6.26. The van der Waals surface area contributed by atoms with Crippen molar-refractivity contribution in [3.05, 3.63) is 141 Å². The number of benzene rings is 5. The van der Waals surface area contributed by atoms with E-state index in [1.807, 2.05) is 55.5 Å². The summed E-state index contributed by atoms with van der Waals surface area (Å²) in [6, 6.07) is 33.3. The van der Waals surface area contributed by atoms with Gasteiger partial charge in [0.25, 0.3) is 11.8 Å². The number of amides is 4. The fourth-order valence-corrected chi connectivity index (χ4v) is 5.41. The normalized spacial score (nSPS) is 14.2. The molecule has 5 aromatic carbocycles. The summed E-state index contributed by atoms with van der Waals surface area (Å²) in [5, 5.41) is 4.53. The Hall–Kier alpha value is -5.21. The first-order valence-electron chi connectivity index (χ1n) is 13.9. The third-order valence-electron chi connectivity index (χ3n) is 7.25. The second-order valence-corrected chi connectivity index (χ2v) is 11.2. The summed E-state index contributed by atoms with van der Waals surface area (Å²) in [4.78, 5) is 39.7. The van der Waals surface area contributed by atoms with Gasteiger partial charge in [0.1, 0.15) is 30.3 Å². The number of carbonyl (C=O) groups excluding carboxylic acids is 3. The highest BCUT2D eigenvalue weighted by atomic mass is 79.9. The molecule has 0 aliphatic carbocycles. The predicted molar refractivity (Wildman–Crippen MR) is 173 cm³/mol. The van der Waals surface area contributed by atoms with Gasteiger partial charge in [0.05, 0.1) is 10.2 Å². The number of rotatable bonds is 8. The van der Waals surface area contributed by atoms with Crippen LogP contribution in [0.5, 0.6) is 11.5 Å². The number of imide groups is 2. The summed E-state index contributed by atoms with van der Waals surface area (Å²) in [6.07, 6.45) is 1.45. The molecule has 1 aliphatic heterocycles. The third-order valence-corrected chi connectivity index (χ3v) is 7.87. The summed E-state index contributed by atoms with van der Waals surface area (Å²) in [5.74, 6) is -0.291. The van der Waals surface area contributed by atoms with Crippen LogP contribution in [0.2, 0.25) is 0 Å². The Morgan fingerprint density at radius 1 is 0.795 bits per heavy atom. The van der Waals surface area contributed by atoms with E-state index in [0.29, 0.717) is 40.4 Å². The Morgan fingerprint density at radius 3 is 2.32 bits per heavy atom. The Kier molecular flexibility index (Phi) is 8.25. The molecule has 5 aromatic rings. The van der Waals surface area contributed by atoms with Crippen molar-refractivity contribution >= 4 is 56.3 Å². The van der Waals surface area contributed by atoms with Crippen molar-refractivity contribution in [1.29, 1.82) is 0 Å².